The van der Waals surface area contributed by atoms with Gasteiger partial charge in [-0.25, -0.2) is 4.98 Å². The molecule has 1 atom stereocenters. The predicted molar refractivity (Wildman–Crippen MR) is 86.1 cm³/mol. The number of carbonyl (C=O) groups excluding carboxylic acids is 1. The van der Waals surface area contributed by atoms with E-state index in [0.717, 1.165) is 0 Å². The minimum absolute atomic E-state index is 0.00515. The highest BCUT2D eigenvalue weighted by Gasteiger charge is 2.50. The zero-order valence-electron chi connectivity index (χ0n) is 14.7. The third-order valence-electron chi connectivity index (χ3n) is 4.81. The van der Waals surface area contributed by atoms with E-state index in [1.165, 1.54) is 0 Å². The highest BCUT2D eigenvalue weighted by Crippen LogP contribution is 2.36. The molecule has 1 amide bonds. The van der Waals surface area contributed by atoms with E-state index in [1.54, 1.807) is 18.3 Å². The number of hydrogen-bond acceptors (Lipinski definition) is 6. The number of imidazole rings is 1. The first-order chi connectivity index (χ1) is 11.3. The van der Waals surface area contributed by atoms with Crippen molar-refractivity contribution >= 4 is 5.91 Å². The van der Waals surface area contributed by atoms with Crippen LogP contribution in [0.1, 0.15) is 33.1 Å². The Hall–Kier alpha value is -2.22. The van der Waals surface area contributed by atoms with Crippen molar-refractivity contribution in [3.05, 3.63) is 18.4 Å². The lowest BCUT2D eigenvalue weighted by molar-refractivity contribution is -0.161. The van der Waals surface area contributed by atoms with Crippen LogP contribution in [0.3, 0.4) is 0 Å². The second-order valence-corrected chi connectivity index (χ2v) is 6.85. The van der Waals surface area contributed by atoms with E-state index >= 15 is 0 Å². The summed E-state index contributed by atoms with van der Waals surface area (Å²) in [4.78, 5) is 18.6. The van der Waals surface area contributed by atoms with Crippen LogP contribution in [0, 0.1) is 0 Å². The van der Waals surface area contributed by atoms with Crippen molar-refractivity contribution in [1.29, 1.82) is 0 Å². The molecule has 1 saturated heterocycles. The lowest BCUT2D eigenvalue weighted by Gasteiger charge is -2.48. The van der Waals surface area contributed by atoms with Crippen LogP contribution in [-0.2, 0) is 22.0 Å². The monoisotopic (exact) mass is 333 g/mol. The molecule has 3 rings (SSSR count). The fourth-order valence-corrected chi connectivity index (χ4v) is 2.89. The Balaban J connectivity index is 1.72. The highest BCUT2D eigenvalue weighted by molar-refractivity contribution is 5.85. The predicted octanol–water partition coefficient (Wildman–Crippen LogP) is 1.39. The molecule has 0 spiro atoms. The third-order valence-corrected chi connectivity index (χ3v) is 4.81. The average Bonchev–Trinajstić information content (AvgIpc) is 3.19. The maximum Gasteiger partial charge on any atom is 0.267 e. The Morgan fingerprint density at radius 1 is 1.46 bits per heavy atom. The summed E-state index contributed by atoms with van der Waals surface area (Å²) in [7, 11) is 3.45. The van der Waals surface area contributed by atoms with Gasteiger partial charge in [-0.1, -0.05) is 6.92 Å². The lowest BCUT2D eigenvalue weighted by atomic mass is 9.80. The SMILES string of the molecule is CCC(C)(OC)C(=O)N1CC(C)(c2nnc(-c3cn(C)cn3)o2)C1. The van der Waals surface area contributed by atoms with Crippen molar-refractivity contribution in [2.45, 2.75) is 38.2 Å². The number of aromatic nitrogens is 4. The van der Waals surface area contributed by atoms with E-state index in [-0.39, 0.29) is 11.3 Å². The molecule has 0 aliphatic carbocycles. The maximum atomic E-state index is 12.6. The normalized spacial score (nSPS) is 19.0. The van der Waals surface area contributed by atoms with Gasteiger partial charge < -0.3 is 18.6 Å². The Morgan fingerprint density at radius 2 is 2.17 bits per heavy atom. The molecule has 1 aliphatic heterocycles. The van der Waals surface area contributed by atoms with Crippen LogP contribution >= 0.6 is 0 Å². The van der Waals surface area contributed by atoms with Crippen LogP contribution in [-0.4, -0.2) is 56.4 Å². The van der Waals surface area contributed by atoms with Crippen LogP contribution in [0.4, 0.5) is 0 Å². The number of methoxy groups -OCH3 is 1. The molecule has 8 nitrogen and oxygen atoms in total. The molecule has 2 aromatic heterocycles. The second-order valence-electron chi connectivity index (χ2n) is 6.85. The van der Waals surface area contributed by atoms with Gasteiger partial charge in [-0.15, -0.1) is 10.2 Å². The number of hydrogen-bond donors (Lipinski definition) is 0. The second kappa shape index (κ2) is 5.70. The fraction of sp³-hybridized carbons (Fsp3) is 0.625. The molecule has 3 heterocycles. The Labute approximate surface area is 140 Å². The molecule has 130 valence electrons. The van der Waals surface area contributed by atoms with Gasteiger partial charge in [-0.05, 0) is 20.3 Å². The van der Waals surface area contributed by atoms with Crippen molar-refractivity contribution < 1.29 is 13.9 Å². The highest BCUT2D eigenvalue weighted by atomic mass is 16.5. The smallest absolute Gasteiger partial charge is 0.267 e. The van der Waals surface area contributed by atoms with Crippen molar-refractivity contribution in [1.82, 2.24) is 24.6 Å². The van der Waals surface area contributed by atoms with Gasteiger partial charge in [0, 0.05) is 33.4 Å². The minimum atomic E-state index is -0.782. The van der Waals surface area contributed by atoms with Gasteiger partial charge in [0.15, 0.2) is 0 Å². The van der Waals surface area contributed by atoms with Crippen LogP contribution < -0.4 is 0 Å². The molecule has 24 heavy (non-hydrogen) atoms. The number of aryl methyl sites for hydroxylation is 1. The van der Waals surface area contributed by atoms with E-state index in [2.05, 4.69) is 15.2 Å². The van der Waals surface area contributed by atoms with Gasteiger partial charge in [-0.2, -0.15) is 0 Å². The quantitative estimate of drug-likeness (QED) is 0.822. The Kier molecular flexibility index (Phi) is 3.95. The molecule has 2 aromatic rings. The number of amides is 1. The molecule has 1 aliphatic rings. The van der Waals surface area contributed by atoms with E-state index < -0.39 is 5.60 Å². The molecule has 0 radical (unpaired) electrons. The topological polar surface area (TPSA) is 86.3 Å². The number of likely N-dealkylation sites (tertiary alicyclic amines) is 1. The number of ether oxygens (including phenoxy) is 1. The summed E-state index contributed by atoms with van der Waals surface area (Å²) in [6.45, 7) is 6.85. The van der Waals surface area contributed by atoms with Gasteiger partial charge in [0.2, 0.25) is 5.89 Å². The first-order valence-electron chi connectivity index (χ1n) is 7.98. The summed E-state index contributed by atoms with van der Waals surface area (Å²) in [6, 6.07) is 0. The van der Waals surface area contributed by atoms with E-state index in [9.17, 15) is 4.79 Å². The van der Waals surface area contributed by atoms with E-state index in [4.69, 9.17) is 9.15 Å². The molecule has 8 heteroatoms. The van der Waals surface area contributed by atoms with Crippen molar-refractivity contribution in [3.8, 4) is 11.6 Å². The number of carbonyl (C=O) groups is 1. The number of nitrogens with zero attached hydrogens (tertiary/aromatic N) is 5. The summed E-state index contributed by atoms with van der Waals surface area (Å²) < 4.78 is 13.0. The summed E-state index contributed by atoms with van der Waals surface area (Å²) >= 11 is 0. The van der Waals surface area contributed by atoms with E-state index in [0.29, 0.717) is 37.0 Å². The Bertz CT molecular complexity index is 740. The molecule has 0 N–H and O–H groups in total. The zero-order valence-corrected chi connectivity index (χ0v) is 14.7. The first-order valence-corrected chi connectivity index (χ1v) is 7.98. The van der Waals surface area contributed by atoms with Crippen LogP contribution in [0.2, 0.25) is 0 Å². The maximum absolute atomic E-state index is 12.6. The largest absolute Gasteiger partial charge is 0.418 e. The molecule has 1 fully saturated rings. The van der Waals surface area contributed by atoms with Crippen LogP contribution in [0.25, 0.3) is 11.6 Å². The average molecular weight is 333 g/mol. The van der Waals surface area contributed by atoms with Crippen molar-refractivity contribution in [2.75, 3.05) is 20.2 Å². The fourth-order valence-electron chi connectivity index (χ4n) is 2.89. The van der Waals surface area contributed by atoms with Gasteiger partial charge in [0.25, 0.3) is 11.8 Å². The summed E-state index contributed by atoms with van der Waals surface area (Å²) in [5.74, 6) is 0.921. The van der Waals surface area contributed by atoms with Gasteiger partial charge in [0.05, 0.1) is 11.7 Å². The molecule has 1 unspecified atom stereocenters. The molecular formula is C16H23N5O3. The summed E-state index contributed by atoms with van der Waals surface area (Å²) in [5, 5.41) is 8.23. The van der Waals surface area contributed by atoms with Crippen LogP contribution in [0.5, 0.6) is 0 Å². The standard InChI is InChI=1S/C16H23N5O3/c1-6-16(3,23-5)14(22)21-8-15(2,9-21)13-19-18-12(24-13)11-7-20(4)10-17-11/h7,10H,6,8-9H2,1-5H3. The van der Waals surface area contributed by atoms with Crippen molar-refractivity contribution in [2.24, 2.45) is 7.05 Å². The lowest BCUT2D eigenvalue weighted by Crippen LogP contribution is -2.64. The molecule has 0 bridgehead atoms. The summed E-state index contributed by atoms with van der Waals surface area (Å²) in [5.41, 5.74) is -0.474. The van der Waals surface area contributed by atoms with Crippen molar-refractivity contribution in [3.63, 3.8) is 0 Å². The molecular weight excluding hydrogens is 310 g/mol. The molecule has 0 aromatic carbocycles. The third kappa shape index (κ3) is 2.60. The van der Waals surface area contributed by atoms with E-state index in [1.807, 2.05) is 38.6 Å². The minimum Gasteiger partial charge on any atom is -0.418 e. The van der Waals surface area contributed by atoms with Gasteiger partial charge in [-0.3, -0.25) is 4.79 Å². The number of rotatable bonds is 5. The van der Waals surface area contributed by atoms with Gasteiger partial charge in [0.1, 0.15) is 11.3 Å². The zero-order chi connectivity index (χ0) is 17.5. The Morgan fingerprint density at radius 3 is 2.71 bits per heavy atom. The summed E-state index contributed by atoms with van der Waals surface area (Å²) in [6.07, 6.45) is 4.13. The molecule has 0 saturated carbocycles. The van der Waals surface area contributed by atoms with Crippen LogP contribution in [0.15, 0.2) is 16.9 Å². The van der Waals surface area contributed by atoms with Gasteiger partial charge >= 0.3 is 0 Å². The first kappa shape index (κ1) is 16.6.